The van der Waals surface area contributed by atoms with Crippen molar-refractivity contribution in [3.05, 3.63) is 79.0 Å². The molecule has 0 spiro atoms. The van der Waals surface area contributed by atoms with Gasteiger partial charge in [0, 0.05) is 32.2 Å². The van der Waals surface area contributed by atoms with Gasteiger partial charge < -0.3 is 15.2 Å². The molecule has 1 aromatic heterocycles. The SMILES string of the molecule is CCC1(CC)CC2CC(CC)(CC)C(O)C2C1O.[Ir].[c-]1ccccc1-c1ccc(-c2ccccc2)cn1. The van der Waals surface area contributed by atoms with Gasteiger partial charge in [-0.3, -0.25) is 0 Å². The molecule has 0 saturated heterocycles. The molecule has 3 nitrogen and oxygen atoms in total. The standard InChI is InChI=1S/C17H12N.C16H30O2.Ir/c1-3-7-14(8-4-1)16-11-12-17(18-13-16)15-9-5-2-6-10-15;1-5-15(6-2)9-11-10-16(7-3,8-4)14(18)12(11)13(15)17;/h1-9,11-13H;11-14,17-18H,5-10H2,1-4H3;/q-1;;. The molecule has 4 heteroatoms. The van der Waals surface area contributed by atoms with E-state index in [0.29, 0.717) is 5.92 Å². The van der Waals surface area contributed by atoms with Gasteiger partial charge in [-0.25, -0.2) is 0 Å². The van der Waals surface area contributed by atoms with Crippen molar-refractivity contribution < 1.29 is 30.3 Å². The van der Waals surface area contributed by atoms with E-state index in [1.54, 1.807) is 0 Å². The third kappa shape index (κ3) is 5.78. The Labute approximate surface area is 237 Å². The second kappa shape index (κ2) is 12.8. The maximum atomic E-state index is 10.7. The zero-order chi connectivity index (χ0) is 25.8. The van der Waals surface area contributed by atoms with Crippen LogP contribution in [0.25, 0.3) is 22.4 Å². The Morgan fingerprint density at radius 2 is 1.32 bits per heavy atom. The normalized spacial score (nSPS) is 24.9. The number of aliphatic hydroxyl groups excluding tert-OH is 2. The fourth-order valence-corrected chi connectivity index (χ4v) is 6.96. The van der Waals surface area contributed by atoms with Crippen LogP contribution in [0.15, 0.2) is 72.9 Å². The molecule has 1 radical (unpaired) electrons. The third-order valence-electron chi connectivity index (χ3n) is 9.54. The molecule has 2 aromatic carbocycles. The summed E-state index contributed by atoms with van der Waals surface area (Å²) in [4.78, 5) is 4.49. The number of nitrogens with zero attached hydrogens (tertiary/aromatic N) is 1. The van der Waals surface area contributed by atoms with Crippen molar-refractivity contribution in [1.29, 1.82) is 0 Å². The zero-order valence-corrected chi connectivity index (χ0v) is 25.1. The minimum absolute atomic E-state index is 0. The first-order chi connectivity index (χ1) is 17.4. The van der Waals surface area contributed by atoms with Gasteiger partial charge in [0.1, 0.15) is 0 Å². The maximum absolute atomic E-state index is 10.7. The Balaban J connectivity index is 0.000000200. The maximum Gasteiger partial charge on any atom is 0.0651 e. The summed E-state index contributed by atoms with van der Waals surface area (Å²) in [5.74, 6) is 0.666. The monoisotopic (exact) mass is 677 g/mol. The van der Waals surface area contributed by atoms with Gasteiger partial charge in [-0.1, -0.05) is 70.2 Å². The molecule has 0 bridgehead atoms. The summed E-state index contributed by atoms with van der Waals surface area (Å²) >= 11 is 0. The summed E-state index contributed by atoms with van der Waals surface area (Å²) in [5.41, 5.74) is 4.45. The van der Waals surface area contributed by atoms with E-state index in [1.807, 2.05) is 54.7 Å². The Hall–Kier alpha value is -1.84. The molecule has 1 heterocycles. The molecular weight excluding hydrogens is 635 g/mol. The quantitative estimate of drug-likeness (QED) is 0.265. The molecule has 2 N–H and O–H groups in total. The summed E-state index contributed by atoms with van der Waals surface area (Å²) in [5, 5.41) is 21.5. The molecule has 2 fully saturated rings. The van der Waals surface area contributed by atoms with Crippen molar-refractivity contribution in [3.63, 3.8) is 0 Å². The summed E-state index contributed by atoms with van der Waals surface area (Å²) in [7, 11) is 0. The molecule has 5 rings (SSSR count). The van der Waals surface area contributed by atoms with Gasteiger partial charge in [-0.05, 0) is 72.1 Å². The van der Waals surface area contributed by atoms with Gasteiger partial charge in [-0.2, -0.15) is 0 Å². The van der Waals surface area contributed by atoms with Crippen molar-refractivity contribution in [1.82, 2.24) is 4.98 Å². The van der Waals surface area contributed by atoms with Crippen LogP contribution in [0.4, 0.5) is 0 Å². The third-order valence-corrected chi connectivity index (χ3v) is 9.54. The summed E-state index contributed by atoms with van der Waals surface area (Å²) in [6.07, 6.45) is 7.69. The van der Waals surface area contributed by atoms with Crippen LogP contribution < -0.4 is 0 Å². The average Bonchev–Trinajstić information content (AvgIpc) is 3.39. The first-order valence-electron chi connectivity index (χ1n) is 13.8. The van der Waals surface area contributed by atoms with Crippen LogP contribution in [-0.2, 0) is 20.1 Å². The molecule has 2 aliphatic carbocycles. The number of hydrogen-bond acceptors (Lipinski definition) is 3. The Morgan fingerprint density at radius 1 is 0.757 bits per heavy atom. The molecular formula is C33H42IrNO2-. The van der Waals surface area contributed by atoms with Gasteiger partial charge in [0.05, 0.1) is 12.2 Å². The number of aliphatic hydroxyl groups is 2. The van der Waals surface area contributed by atoms with Gasteiger partial charge in [-0.15, -0.1) is 35.9 Å². The van der Waals surface area contributed by atoms with Gasteiger partial charge in [0.15, 0.2) is 0 Å². The fraction of sp³-hybridized carbons (Fsp3) is 0.485. The Kier molecular flexibility index (Phi) is 10.3. The van der Waals surface area contributed by atoms with E-state index < -0.39 is 0 Å². The van der Waals surface area contributed by atoms with Crippen LogP contribution in [-0.4, -0.2) is 27.4 Å². The number of hydrogen-bond donors (Lipinski definition) is 2. The van der Waals surface area contributed by atoms with E-state index >= 15 is 0 Å². The Bertz CT molecular complexity index is 992. The summed E-state index contributed by atoms with van der Waals surface area (Å²) in [6.45, 7) is 8.75. The van der Waals surface area contributed by atoms with E-state index in [1.165, 1.54) is 5.56 Å². The van der Waals surface area contributed by atoms with Crippen LogP contribution in [0.3, 0.4) is 0 Å². The van der Waals surface area contributed by atoms with E-state index in [0.717, 1.165) is 55.3 Å². The van der Waals surface area contributed by atoms with Crippen LogP contribution in [0.1, 0.15) is 66.2 Å². The number of benzene rings is 2. The van der Waals surface area contributed by atoms with E-state index in [4.69, 9.17) is 0 Å². The number of aromatic nitrogens is 1. The largest absolute Gasteiger partial charge is 0.392 e. The molecule has 2 aliphatic rings. The van der Waals surface area contributed by atoms with Crippen LogP contribution in [0.5, 0.6) is 0 Å². The molecule has 3 aromatic rings. The van der Waals surface area contributed by atoms with Crippen LogP contribution in [0, 0.1) is 28.7 Å². The smallest absolute Gasteiger partial charge is 0.0651 e. The molecule has 0 amide bonds. The topological polar surface area (TPSA) is 53.4 Å². The van der Waals surface area contributed by atoms with Crippen molar-refractivity contribution in [3.8, 4) is 22.4 Å². The molecule has 2 saturated carbocycles. The second-order valence-electron chi connectivity index (χ2n) is 10.8. The summed E-state index contributed by atoms with van der Waals surface area (Å²) in [6, 6.07) is 25.5. The van der Waals surface area contributed by atoms with Crippen LogP contribution >= 0.6 is 0 Å². The molecule has 0 aliphatic heterocycles. The average molecular weight is 677 g/mol. The van der Waals surface area contributed by atoms with Crippen molar-refractivity contribution in [2.75, 3.05) is 0 Å². The molecule has 201 valence electrons. The van der Waals surface area contributed by atoms with E-state index in [2.05, 4.69) is 56.9 Å². The predicted octanol–water partition coefficient (Wildman–Crippen LogP) is 7.57. The fourth-order valence-electron chi connectivity index (χ4n) is 6.96. The van der Waals surface area contributed by atoms with E-state index in [-0.39, 0.29) is 49.1 Å². The number of fused-ring (bicyclic) bond motifs is 1. The van der Waals surface area contributed by atoms with Gasteiger partial charge in [0.2, 0.25) is 0 Å². The summed E-state index contributed by atoms with van der Waals surface area (Å²) < 4.78 is 0. The Morgan fingerprint density at radius 3 is 1.76 bits per heavy atom. The van der Waals surface area contributed by atoms with Crippen molar-refractivity contribution >= 4 is 0 Å². The zero-order valence-electron chi connectivity index (χ0n) is 22.7. The van der Waals surface area contributed by atoms with Crippen molar-refractivity contribution in [2.45, 2.75) is 78.4 Å². The molecule has 37 heavy (non-hydrogen) atoms. The van der Waals surface area contributed by atoms with Gasteiger partial charge >= 0.3 is 0 Å². The molecule has 2 atom stereocenters. The van der Waals surface area contributed by atoms with E-state index in [9.17, 15) is 10.2 Å². The minimum Gasteiger partial charge on any atom is -0.392 e. The first-order valence-corrected chi connectivity index (χ1v) is 13.8. The number of rotatable bonds is 6. The van der Waals surface area contributed by atoms with Crippen LogP contribution in [0.2, 0.25) is 0 Å². The molecule has 2 unspecified atom stereocenters. The number of pyridine rings is 1. The predicted molar refractivity (Wildman–Crippen MR) is 148 cm³/mol. The second-order valence-corrected chi connectivity index (χ2v) is 10.8. The van der Waals surface area contributed by atoms with Gasteiger partial charge in [0.25, 0.3) is 0 Å². The first kappa shape index (κ1) is 29.7. The minimum atomic E-state index is -0.299. The van der Waals surface area contributed by atoms with Crippen molar-refractivity contribution in [2.24, 2.45) is 22.7 Å².